The maximum absolute atomic E-state index is 11.6. The van der Waals surface area contributed by atoms with E-state index in [1.807, 2.05) is 30.5 Å². The largest absolute Gasteiger partial charge is 0.503 e. The van der Waals surface area contributed by atoms with Gasteiger partial charge in [0.15, 0.2) is 5.75 Å². The molecule has 154 valence electrons. The Morgan fingerprint density at radius 1 is 1.03 bits per heavy atom. The van der Waals surface area contributed by atoms with E-state index in [0.717, 1.165) is 11.9 Å². The number of aromatic nitrogens is 2. The number of ether oxygens (including phenoxy) is 3. The Balaban J connectivity index is 1.87. The lowest BCUT2D eigenvalue weighted by molar-refractivity contribution is -0.130. The van der Waals surface area contributed by atoms with Gasteiger partial charge in [0.25, 0.3) is 0 Å². The highest BCUT2D eigenvalue weighted by Gasteiger charge is 2.17. The Bertz CT molecular complexity index is 1060. The fourth-order valence-electron chi connectivity index (χ4n) is 2.53. The summed E-state index contributed by atoms with van der Waals surface area (Å²) >= 11 is 1.44. The van der Waals surface area contributed by atoms with Crippen molar-refractivity contribution >= 4 is 29.2 Å². The van der Waals surface area contributed by atoms with Crippen molar-refractivity contribution in [3.05, 3.63) is 72.8 Å². The van der Waals surface area contributed by atoms with Crippen LogP contribution >= 0.6 is 11.9 Å². The number of carbonyl (C=O) groups is 1. The molecule has 0 fully saturated rings. The molecule has 1 heterocycles. The van der Waals surface area contributed by atoms with Crippen LogP contribution in [0.5, 0.6) is 23.3 Å². The molecule has 0 spiro atoms. The molecule has 0 saturated carbocycles. The predicted molar refractivity (Wildman–Crippen MR) is 115 cm³/mol. The molecule has 0 unspecified atom stereocenters. The van der Waals surface area contributed by atoms with Crippen molar-refractivity contribution in [1.82, 2.24) is 9.97 Å². The Labute approximate surface area is 177 Å². The molecule has 9 heteroatoms. The third kappa shape index (κ3) is 5.21. The van der Waals surface area contributed by atoms with Gasteiger partial charge in [-0.05, 0) is 18.2 Å². The van der Waals surface area contributed by atoms with Crippen LogP contribution in [0, 0.1) is 0 Å². The van der Waals surface area contributed by atoms with Crippen molar-refractivity contribution in [3.63, 3.8) is 0 Å². The van der Waals surface area contributed by atoms with Gasteiger partial charge in [-0.15, -0.1) is 0 Å². The number of hydrogen-bond acceptors (Lipinski definition) is 8. The number of nitrogens with zero attached hydrogens (tertiary/aromatic N) is 2. The Hall–Kier alpha value is -3.72. The molecule has 0 aliphatic carbocycles. The summed E-state index contributed by atoms with van der Waals surface area (Å²) in [7, 11) is 1.38. The average Bonchev–Trinajstić information content (AvgIpc) is 2.74. The Morgan fingerprint density at radius 2 is 1.67 bits per heavy atom. The van der Waals surface area contributed by atoms with Gasteiger partial charge in [-0.2, -0.15) is 0 Å². The highest BCUT2D eigenvalue weighted by molar-refractivity contribution is 7.99. The summed E-state index contributed by atoms with van der Waals surface area (Å²) in [5.41, 5.74) is 1.10. The zero-order valence-electron chi connectivity index (χ0n) is 16.2. The number of nitrogens with one attached hydrogen (secondary N) is 1. The van der Waals surface area contributed by atoms with Gasteiger partial charge in [-0.1, -0.05) is 42.3 Å². The van der Waals surface area contributed by atoms with E-state index in [0.29, 0.717) is 17.1 Å². The number of carboxylic acid groups (broad SMARTS) is 1. The first-order valence-electron chi connectivity index (χ1n) is 8.73. The molecule has 0 atom stereocenters. The lowest BCUT2D eigenvalue weighted by atomic mass is 10.1. The number of para-hydroxylation sites is 3. The van der Waals surface area contributed by atoms with Gasteiger partial charge in [0.2, 0.25) is 11.8 Å². The average molecular weight is 425 g/mol. The molecule has 2 N–H and O–H groups in total. The Kier molecular flexibility index (Phi) is 7.12. The van der Waals surface area contributed by atoms with Crippen molar-refractivity contribution in [2.45, 2.75) is 0 Å². The smallest absolute Gasteiger partial charge is 0.339 e. The highest BCUT2D eigenvalue weighted by atomic mass is 32.2. The van der Waals surface area contributed by atoms with E-state index in [1.54, 1.807) is 24.3 Å². The second kappa shape index (κ2) is 10.2. The lowest BCUT2D eigenvalue weighted by Crippen LogP contribution is -2.03. The minimum atomic E-state index is -1.14. The molecule has 0 aliphatic rings. The first-order chi connectivity index (χ1) is 14.6. The number of benzene rings is 2. The van der Waals surface area contributed by atoms with E-state index in [1.165, 1.54) is 31.5 Å². The van der Waals surface area contributed by atoms with Gasteiger partial charge in [-0.3, -0.25) is 0 Å². The second-order valence-electron chi connectivity index (χ2n) is 5.77. The molecule has 0 radical (unpaired) electrons. The molecule has 30 heavy (non-hydrogen) atoms. The topological polar surface area (TPSA) is 103 Å². The standard InChI is InChI=1S/C21H19N3O5S/c1-27-12-15(21(25)26)14-7-3-5-9-17(14)28-19-11-20(23-13-22-19)29-18-10-6-4-8-16(18)24-30-2/h3-13,24H,1-2H3,(H,25,26). The summed E-state index contributed by atoms with van der Waals surface area (Å²) in [4.78, 5) is 19.8. The number of aliphatic carboxylic acids is 1. The van der Waals surface area contributed by atoms with Crippen LogP contribution in [0.3, 0.4) is 0 Å². The van der Waals surface area contributed by atoms with Crippen molar-refractivity contribution in [3.8, 4) is 23.3 Å². The summed E-state index contributed by atoms with van der Waals surface area (Å²) in [6.45, 7) is 0. The Morgan fingerprint density at radius 3 is 2.33 bits per heavy atom. The zero-order chi connectivity index (χ0) is 21.3. The fraction of sp³-hybridized carbons (Fsp3) is 0.0952. The molecule has 8 nitrogen and oxygen atoms in total. The van der Waals surface area contributed by atoms with Crippen LogP contribution in [-0.4, -0.2) is 34.4 Å². The lowest BCUT2D eigenvalue weighted by Gasteiger charge is -2.13. The summed E-state index contributed by atoms with van der Waals surface area (Å²) < 4.78 is 19.7. The zero-order valence-corrected chi connectivity index (χ0v) is 17.1. The van der Waals surface area contributed by atoms with Gasteiger partial charge in [-0.25, -0.2) is 14.8 Å². The van der Waals surface area contributed by atoms with Gasteiger partial charge < -0.3 is 24.0 Å². The first kappa shape index (κ1) is 21.0. The second-order valence-corrected chi connectivity index (χ2v) is 6.38. The maximum Gasteiger partial charge on any atom is 0.339 e. The number of hydrogen-bond donors (Lipinski definition) is 2. The normalized spacial score (nSPS) is 10.9. The van der Waals surface area contributed by atoms with Crippen LogP contribution in [0.2, 0.25) is 0 Å². The molecule has 3 aromatic rings. The number of carboxylic acids is 1. The molecular weight excluding hydrogens is 406 g/mol. The van der Waals surface area contributed by atoms with Crippen LogP contribution in [0.15, 0.2) is 67.2 Å². The molecule has 0 bridgehead atoms. The SMILES string of the molecule is COC=C(C(=O)O)c1ccccc1Oc1cc(Oc2ccccc2NSC)ncn1. The van der Waals surface area contributed by atoms with E-state index < -0.39 is 5.97 Å². The first-order valence-corrected chi connectivity index (χ1v) is 9.96. The van der Waals surface area contributed by atoms with E-state index in [4.69, 9.17) is 14.2 Å². The number of anilines is 1. The van der Waals surface area contributed by atoms with Gasteiger partial charge in [0.1, 0.15) is 17.6 Å². The molecule has 0 aliphatic heterocycles. The summed E-state index contributed by atoms with van der Waals surface area (Å²) in [5, 5.41) is 9.47. The van der Waals surface area contributed by atoms with Gasteiger partial charge >= 0.3 is 5.97 Å². The molecule has 3 rings (SSSR count). The fourth-order valence-corrected chi connectivity index (χ4v) is 2.92. The number of rotatable bonds is 9. The van der Waals surface area contributed by atoms with Crippen LogP contribution < -0.4 is 14.2 Å². The number of methoxy groups -OCH3 is 1. The van der Waals surface area contributed by atoms with Crippen LogP contribution in [0.25, 0.3) is 5.57 Å². The third-order valence-corrected chi connectivity index (χ3v) is 4.21. The van der Waals surface area contributed by atoms with Crippen molar-refractivity contribution in [2.75, 3.05) is 18.1 Å². The monoisotopic (exact) mass is 425 g/mol. The van der Waals surface area contributed by atoms with Crippen molar-refractivity contribution in [1.29, 1.82) is 0 Å². The molecule has 1 aromatic heterocycles. The van der Waals surface area contributed by atoms with Crippen molar-refractivity contribution in [2.24, 2.45) is 0 Å². The van der Waals surface area contributed by atoms with Gasteiger partial charge in [0.05, 0.1) is 25.1 Å². The minimum absolute atomic E-state index is 0.0457. The summed E-state index contributed by atoms with van der Waals surface area (Å²) in [6, 6.07) is 15.7. The van der Waals surface area contributed by atoms with E-state index in [2.05, 4.69) is 14.7 Å². The van der Waals surface area contributed by atoms with E-state index >= 15 is 0 Å². The van der Waals surface area contributed by atoms with E-state index in [-0.39, 0.29) is 17.3 Å². The molecule has 0 saturated heterocycles. The molecular formula is C21H19N3O5S. The van der Waals surface area contributed by atoms with E-state index in [9.17, 15) is 9.90 Å². The van der Waals surface area contributed by atoms with Gasteiger partial charge in [0, 0.05) is 11.8 Å². The quantitative estimate of drug-likeness (QED) is 0.284. The summed E-state index contributed by atoms with van der Waals surface area (Å²) in [6.07, 6.45) is 4.37. The summed E-state index contributed by atoms with van der Waals surface area (Å²) in [5.74, 6) is 0.228. The predicted octanol–water partition coefficient (Wildman–Crippen LogP) is 4.82. The van der Waals surface area contributed by atoms with Crippen LogP contribution in [0.1, 0.15) is 5.56 Å². The maximum atomic E-state index is 11.6. The van der Waals surface area contributed by atoms with Crippen LogP contribution in [-0.2, 0) is 9.53 Å². The molecule has 0 amide bonds. The third-order valence-electron chi connectivity index (χ3n) is 3.79. The van der Waals surface area contributed by atoms with Crippen LogP contribution in [0.4, 0.5) is 5.69 Å². The minimum Gasteiger partial charge on any atom is -0.503 e. The van der Waals surface area contributed by atoms with Crippen molar-refractivity contribution < 1.29 is 24.1 Å². The highest BCUT2D eigenvalue weighted by Crippen LogP contribution is 2.33. The molecule has 2 aromatic carbocycles.